The van der Waals surface area contributed by atoms with Gasteiger partial charge in [-0.25, -0.2) is 4.39 Å². The Kier molecular flexibility index (Phi) is 5.37. The van der Waals surface area contributed by atoms with E-state index in [1.165, 1.54) is 17.0 Å². The predicted octanol–water partition coefficient (Wildman–Crippen LogP) is 1.84. The molecule has 0 aromatic heterocycles. The second-order valence-electron chi connectivity index (χ2n) is 5.40. The molecule has 1 aliphatic heterocycles. The van der Waals surface area contributed by atoms with E-state index in [0.717, 1.165) is 6.07 Å². The molecule has 0 saturated carbocycles. The van der Waals surface area contributed by atoms with Crippen LogP contribution in [0.5, 0.6) is 0 Å². The molecule has 1 aliphatic rings. The van der Waals surface area contributed by atoms with Crippen LogP contribution in [0.2, 0.25) is 5.02 Å². The predicted molar refractivity (Wildman–Crippen MR) is 80.3 cm³/mol. The highest BCUT2D eigenvalue weighted by molar-refractivity contribution is 6.31. The Balaban J connectivity index is 1.85. The summed E-state index contributed by atoms with van der Waals surface area (Å²) in [6.07, 6.45) is 0.695. The maximum Gasteiger partial charge on any atom is 0.251 e. The lowest BCUT2D eigenvalue weighted by Crippen LogP contribution is -2.36. The third-order valence-corrected chi connectivity index (χ3v) is 3.79. The molecule has 1 saturated heterocycles. The average Bonchev–Trinajstić information content (AvgIpc) is 2.95. The Bertz CT molecular complexity index is 580. The summed E-state index contributed by atoms with van der Waals surface area (Å²) < 4.78 is 18.7. The molecule has 120 valence electrons. The first-order chi connectivity index (χ1) is 10.4. The van der Waals surface area contributed by atoms with E-state index in [1.807, 2.05) is 0 Å². The Morgan fingerprint density at radius 1 is 1.41 bits per heavy atom. The van der Waals surface area contributed by atoms with Crippen LogP contribution in [0.1, 0.15) is 23.2 Å². The quantitative estimate of drug-likeness (QED) is 0.917. The Morgan fingerprint density at radius 2 is 2.14 bits per heavy atom. The minimum Gasteiger partial charge on any atom is -0.363 e. The van der Waals surface area contributed by atoms with Crippen LogP contribution in [0.3, 0.4) is 0 Å². The summed E-state index contributed by atoms with van der Waals surface area (Å²) in [6.45, 7) is 0.297. The molecule has 1 N–H and O–H groups in total. The van der Waals surface area contributed by atoms with E-state index in [1.54, 1.807) is 14.1 Å². The molecule has 1 heterocycles. The van der Waals surface area contributed by atoms with Crippen LogP contribution in [-0.4, -0.2) is 49.6 Å². The number of likely N-dealkylation sites (N-methyl/N-ethyl adjacent to an activating group) is 1. The molecule has 1 aromatic rings. The molecule has 2 rings (SSSR count). The summed E-state index contributed by atoms with van der Waals surface area (Å²) in [5.74, 6) is -0.991. The van der Waals surface area contributed by atoms with Gasteiger partial charge < -0.3 is 15.0 Å². The number of hydrogen-bond acceptors (Lipinski definition) is 3. The summed E-state index contributed by atoms with van der Waals surface area (Å²) in [5.41, 5.74) is 0.283. The van der Waals surface area contributed by atoms with E-state index in [2.05, 4.69) is 5.32 Å². The van der Waals surface area contributed by atoms with Crippen molar-refractivity contribution in [2.45, 2.75) is 25.0 Å². The van der Waals surface area contributed by atoms with Gasteiger partial charge in [0.25, 0.3) is 11.8 Å². The van der Waals surface area contributed by atoms with Crippen molar-refractivity contribution in [1.82, 2.24) is 10.2 Å². The zero-order chi connectivity index (χ0) is 16.3. The third kappa shape index (κ3) is 3.96. The van der Waals surface area contributed by atoms with Crippen LogP contribution in [-0.2, 0) is 9.53 Å². The van der Waals surface area contributed by atoms with Gasteiger partial charge in [-0.1, -0.05) is 11.6 Å². The standard InChI is InChI=1S/C15H18ClFN2O3/c1-19(2)15(21)13-6-4-10(22-13)8-18-14(20)9-3-5-12(17)11(16)7-9/h3,5,7,10,13H,4,6,8H2,1-2H3,(H,18,20)/t10-,13+/m1/s1. The first-order valence-corrected chi connectivity index (χ1v) is 7.36. The van der Waals surface area contributed by atoms with E-state index in [9.17, 15) is 14.0 Å². The van der Waals surface area contributed by atoms with Gasteiger partial charge in [0.05, 0.1) is 11.1 Å². The molecule has 0 aliphatic carbocycles. The highest BCUT2D eigenvalue weighted by Crippen LogP contribution is 2.21. The molecule has 2 amide bonds. The number of hydrogen-bond donors (Lipinski definition) is 1. The molecule has 0 unspecified atom stereocenters. The van der Waals surface area contributed by atoms with Crippen LogP contribution in [0.4, 0.5) is 4.39 Å². The van der Waals surface area contributed by atoms with Gasteiger partial charge in [0.1, 0.15) is 11.9 Å². The summed E-state index contributed by atoms with van der Waals surface area (Å²) >= 11 is 5.65. The van der Waals surface area contributed by atoms with E-state index < -0.39 is 11.9 Å². The number of carbonyl (C=O) groups is 2. The summed E-state index contributed by atoms with van der Waals surface area (Å²) in [7, 11) is 3.36. The third-order valence-electron chi connectivity index (χ3n) is 3.50. The highest BCUT2D eigenvalue weighted by Gasteiger charge is 2.31. The number of nitrogens with one attached hydrogen (secondary N) is 1. The van der Waals surface area contributed by atoms with Gasteiger partial charge in [-0.3, -0.25) is 9.59 Å². The normalized spacial score (nSPS) is 20.7. The zero-order valence-electron chi connectivity index (χ0n) is 12.4. The zero-order valence-corrected chi connectivity index (χ0v) is 13.2. The van der Waals surface area contributed by atoms with Crippen molar-refractivity contribution in [3.05, 3.63) is 34.6 Å². The Hall–Kier alpha value is -1.66. The summed E-state index contributed by atoms with van der Waals surface area (Å²) in [6, 6.07) is 3.79. The van der Waals surface area contributed by atoms with Crippen LogP contribution >= 0.6 is 11.6 Å². The van der Waals surface area contributed by atoms with Gasteiger partial charge in [-0.15, -0.1) is 0 Å². The smallest absolute Gasteiger partial charge is 0.251 e. The van der Waals surface area contributed by atoms with Crippen LogP contribution < -0.4 is 5.32 Å². The number of ether oxygens (including phenoxy) is 1. The van der Waals surface area contributed by atoms with Crippen molar-refractivity contribution in [3.8, 4) is 0 Å². The van der Waals surface area contributed by atoms with Crippen LogP contribution in [0, 0.1) is 5.82 Å². The van der Waals surface area contributed by atoms with E-state index in [0.29, 0.717) is 19.4 Å². The Morgan fingerprint density at radius 3 is 2.77 bits per heavy atom. The number of benzene rings is 1. The summed E-state index contributed by atoms with van der Waals surface area (Å²) in [4.78, 5) is 25.2. The fraction of sp³-hybridized carbons (Fsp3) is 0.467. The molecule has 1 aromatic carbocycles. The number of carbonyl (C=O) groups excluding carboxylic acids is 2. The molecule has 2 atom stereocenters. The van der Waals surface area contributed by atoms with Crippen molar-refractivity contribution in [1.29, 1.82) is 0 Å². The highest BCUT2D eigenvalue weighted by atomic mass is 35.5. The lowest BCUT2D eigenvalue weighted by molar-refractivity contribution is -0.140. The van der Waals surface area contributed by atoms with Gasteiger partial charge in [-0.05, 0) is 31.0 Å². The Labute approximate surface area is 133 Å². The van der Waals surface area contributed by atoms with Crippen molar-refractivity contribution in [2.24, 2.45) is 0 Å². The van der Waals surface area contributed by atoms with Crippen molar-refractivity contribution in [3.63, 3.8) is 0 Å². The monoisotopic (exact) mass is 328 g/mol. The van der Waals surface area contributed by atoms with E-state index in [-0.39, 0.29) is 28.5 Å². The van der Waals surface area contributed by atoms with Crippen molar-refractivity contribution >= 4 is 23.4 Å². The molecular weight excluding hydrogens is 311 g/mol. The van der Waals surface area contributed by atoms with Crippen molar-refractivity contribution in [2.75, 3.05) is 20.6 Å². The SMILES string of the molecule is CN(C)C(=O)[C@@H]1CC[C@H](CNC(=O)c2ccc(F)c(Cl)c2)O1. The fourth-order valence-electron chi connectivity index (χ4n) is 2.27. The lowest BCUT2D eigenvalue weighted by Gasteiger charge is -2.17. The maximum absolute atomic E-state index is 13.1. The molecule has 0 spiro atoms. The van der Waals surface area contributed by atoms with Gasteiger partial charge in [0, 0.05) is 26.2 Å². The first kappa shape index (κ1) is 16.7. The number of nitrogens with zero attached hydrogens (tertiary/aromatic N) is 1. The minimum absolute atomic E-state index is 0.0702. The molecule has 0 radical (unpaired) electrons. The first-order valence-electron chi connectivity index (χ1n) is 6.98. The minimum atomic E-state index is -0.567. The molecule has 5 nitrogen and oxygen atoms in total. The molecular formula is C15H18ClFN2O3. The van der Waals surface area contributed by atoms with Gasteiger partial charge >= 0.3 is 0 Å². The summed E-state index contributed by atoms with van der Waals surface area (Å²) in [5, 5.41) is 2.61. The molecule has 1 fully saturated rings. The molecule has 0 bridgehead atoms. The lowest BCUT2D eigenvalue weighted by atomic mass is 10.1. The number of rotatable bonds is 4. The van der Waals surface area contributed by atoms with Crippen LogP contribution in [0.25, 0.3) is 0 Å². The number of halogens is 2. The average molecular weight is 329 g/mol. The van der Waals surface area contributed by atoms with E-state index >= 15 is 0 Å². The van der Waals surface area contributed by atoms with Crippen molar-refractivity contribution < 1.29 is 18.7 Å². The fourth-order valence-corrected chi connectivity index (χ4v) is 2.45. The second-order valence-corrected chi connectivity index (χ2v) is 5.80. The van der Waals surface area contributed by atoms with Gasteiger partial charge in [0.15, 0.2) is 0 Å². The number of amides is 2. The second kappa shape index (κ2) is 7.07. The van der Waals surface area contributed by atoms with Gasteiger partial charge in [0.2, 0.25) is 0 Å². The topological polar surface area (TPSA) is 58.6 Å². The largest absolute Gasteiger partial charge is 0.363 e. The van der Waals surface area contributed by atoms with Crippen LogP contribution in [0.15, 0.2) is 18.2 Å². The molecule has 7 heteroatoms. The van der Waals surface area contributed by atoms with E-state index in [4.69, 9.17) is 16.3 Å². The molecule has 22 heavy (non-hydrogen) atoms. The maximum atomic E-state index is 13.1. The van der Waals surface area contributed by atoms with Gasteiger partial charge in [-0.2, -0.15) is 0 Å².